The maximum Gasteiger partial charge on any atom is 0.131 e. The van der Waals surface area contributed by atoms with E-state index in [4.69, 9.17) is 0 Å². The minimum atomic E-state index is -1.91. The van der Waals surface area contributed by atoms with Crippen LogP contribution in [0.2, 0.25) is 0 Å². The van der Waals surface area contributed by atoms with E-state index in [9.17, 15) is 4.57 Å². The van der Waals surface area contributed by atoms with Crippen molar-refractivity contribution in [3.05, 3.63) is 72.3 Å². The van der Waals surface area contributed by atoms with Gasteiger partial charge < -0.3 is 4.57 Å². The zero-order valence-electron chi connectivity index (χ0n) is 10.8. The summed E-state index contributed by atoms with van der Waals surface area (Å²) in [6, 6.07) is 22.0. The van der Waals surface area contributed by atoms with E-state index in [1.165, 1.54) is 10.9 Å². The topological polar surface area (TPSA) is 17.1 Å². The lowest BCUT2D eigenvalue weighted by Gasteiger charge is -2.07. The summed E-state index contributed by atoms with van der Waals surface area (Å²) in [6.45, 7) is 2.08. The lowest BCUT2D eigenvalue weighted by atomic mass is 10.1. The molecule has 3 aromatic rings. The fraction of sp³-hybridized carbons (Fsp3) is 0.0588. The Hall–Kier alpha value is -1.85. The molecule has 3 aromatic carbocycles. The fourth-order valence-electron chi connectivity index (χ4n) is 2.39. The molecule has 0 amide bonds. The summed E-state index contributed by atoms with van der Waals surface area (Å²) < 4.78 is 12.6. The third kappa shape index (κ3) is 2.34. The van der Waals surface area contributed by atoms with Gasteiger partial charge in [0.1, 0.15) is 7.80 Å². The molecule has 0 radical (unpaired) electrons. The van der Waals surface area contributed by atoms with Crippen molar-refractivity contribution in [2.75, 3.05) is 0 Å². The zero-order valence-corrected chi connectivity index (χ0v) is 11.8. The Balaban J connectivity index is 2.14. The fourth-order valence-corrected chi connectivity index (χ4v) is 3.85. The van der Waals surface area contributed by atoms with Crippen molar-refractivity contribution >= 4 is 29.2 Å². The second-order valence-electron chi connectivity index (χ2n) is 4.71. The summed E-state index contributed by atoms with van der Waals surface area (Å²) in [4.78, 5) is 0. The SMILES string of the molecule is Cc1cc([PH](=O)c2ccccc2)cc2ccccc12. The normalized spacial score (nSPS) is 12.5. The summed E-state index contributed by atoms with van der Waals surface area (Å²) in [5, 5.41) is 4.25. The molecule has 0 fully saturated rings. The number of hydrogen-bond acceptors (Lipinski definition) is 1. The predicted octanol–water partition coefficient (Wildman–Crippen LogP) is 3.66. The van der Waals surface area contributed by atoms with Gasteiger partial charge in [0.15, 0.2) is 0 Å². The molecular formula is C17H15OP. The molecule has 1 atom stereocenters. The van der Waals surface area contributed by atoms with Crippen molar-refractivity contribution < 1.29 is 4.57 Å². The number of benzene rings is 3. The van der Waals surface area contributed by atoms with Gasteiger partial charge in [-0.2, -0.15) is 0 Å². The van der Waals surface area contributed by atoms with Crippen molar-refractivity contribution in [1.29, 1.82) is 0 Å². The Kier molecular flexibility index (Phi) is 3.23. The Bertz CT molecular complexity index is 748. The number of fused-ring (bicyclic) bond motifs is 1. The molecule has 0 saturated carbocycles. The molecule has 3 rings (SSSR count). The van der Waals surface area contributed by atoms with Crippen molar-refractivity contribution in [3.8, 4) is 0 Å². The van der Waals surface area contributed by atoms with Gasteiger partial charge in [-0.15, -0.1) is 0 Å². The second kappa shape index (κ2) is 5.03. The Morgan fingerprint density at radius 2 is 1.47 bits per heavy atom. The number of rotatable bonds is 2. The summed E-state index contributed by atoms with van der Waals surface area (Å²) in [5.41, 5.74) is 1.18. The maximum atomic E-state index is 12.6. The van der Waals surface area contributed by atoms with Gasteiger partial charge in [-0.3, -0.25) is 0 Å². The van der Waals surface area contributed by atoms with Crippen molar-refractivity contribution in [2.24, 2.45) is 0 Å². The number of hydrogen-bond donors (Lipinski definition) is 0. The van der Waals surface area contributed by atoms with Crippen LogP contribution in [0.15, 0.2) is 66.7 Å². The molecule has 2 heteroatoms. The highest BCUT2D eigenvalue weighted by Gasteiger charge is 2.08. The third-order valence-electron chi connectivity index (χ3n) is 3.37. The standard InChI is InChI=1S/C17H15OP/c1-13-11-16(12-14-7-5-6-10-17(13)14)19(18)15-8-3-2-4-9-15/h2-12,19H,1H3. The second-order valence-corrected chi connectivity index (χ2v) is 6.52. The van der Waals surface area contributed by atoms with Gasteiger partial charge >= 0.3 is 0 Å². The van der Waals surface area contributed by atoms with E-state index in [1.54, 1.807) is 0 Å². The molecule has 94 valence electrons. The molecule has 0 saturated heterocycles. The quantitative estimate of drug-likeness (QED) is 0.647. The highest BCUT2D eigenvalue weighted by molar-refractivity contribution is 7.61. The van der Waals surface area contributed by atoms with Gasteiger partial charge in [0.05, 0.1) is 0 Å². The molecule has 0 N–H and O–H groups in total. The van der Waals surface area contributed by atoms with Crippen LogP contribution in [-0.4, -0.2) is 0 Å². The smallest absolute Gasteiger partial charge is 0.131 e. The van der Waals surface area contributed by atoms with E-state index in [-0.39, 0.29) is 0 Å². The number of aryl methyl sites for hydroxylation is 1. The molecule has 1 nitrogen and oxygen atoms in total. The minimum Gasteiger partial charge on any atom is -0.317 e. The van der Waals surface area contributed by atoms with E-state index >= 15 is 0 Å². The zero-order chi connectivity index (χ0) is 13.2. The first-order valence-electron chi connectivity index (χ1n) is 6.35. The summed E-state index contributed by atoms with van der Waals surface area (Å²) in [7, 11) is -1.91. The molecule has 0 aromatic heterocycles. The predicted molar refractivity (Wildman–Crippen MR) is 83.4 cm³/mol. The monoisotopic (exact) mass is 266 g/mol. The molecule has 0 aliphatic rings. The van der Waals surface area contributed by atoms with Crippen LogP contribution >= 0.6 is 7.80 Å². The minimum absolute atomic E-state index is 0.919. The molecule has 0 aliphatic carbocycles. The van der Waals surface area contributed by atoms with Crippen LogP contribution < -0.4 is 10.6 Å². The first-order chi connectivity index (χ1) is 9.25. The van der Waals surface area contributed by atoms with E-state index < -0.39 is 7.80 Å². The van der Waals surface area contributed by atoms with Crippen LogP contribution in [-0.2, 0) is 4.57 Å². The van der Waals surface area contributed by atoms with Crippen LogP contribution in [0.4, 0.5) is 0 Å². The van der Waals surface area contributed by atoms with Gasteiger partial charge in [0.2, 0.25) is 0 Å². The van der Waals surface area contributed by atoms with Gasteiger partial charge in [-0.25, -0.2) is 0 Å². The third-order valence-corrected chi connectivity index (χ3v) is 5.04. The summed E-state index contributed by atoms with van der Waals surface area (Å²) >= 11 is 0. The van der Waals surface area contributed by atoms with Crippen LogP contribution in [0.1, 0.15) is 5.56 Å². The summed E-state index contributed by atoms with van der Waals surface area (Å²) in [5.74, 6) is 0. The average molecular weight is 266 g/mol. The largest absolute Gasteiger partial charge is 0.317 e. The van der Waals surface area contributed by atoms with Crippen molar-refractivity contribution in [3.63, 3.8) is 0 Å². The van der Waals surface area contributed by atoms with Crippen molar-refractivity contribution in [1.82, 2.24) is 0 Å². The van der Waals surface area contributed by atoms with Crippen LogP contribution in [0.25, 0.3) is 10.8 Å². The average Bonchev–Trinajstić information content (AvgIpc) is 2.47. The van der Waals surface area contributed by atoms with E-state index in [1.807, 2.05) is 42.5 Å². The Morgan fingerprint density at radius 1 is 0.789 bits per heavy atom. The molecule has 0 aliphatic heterocycles. The molecule has 19 heavy (non-hydrogen) atoms. The lowest BCUT2D eigenvalue weighted by Crippen LogP contribution is -2.06. The van der Waals surface area contributed by atoms with Crippen LogP contribution in [0, 0.1) is 6.92 Å². The van der Waals surface area contributed by atoms with E-state index in [0.717, 1.165) is 16.0 Å². The first-order valence-corrected chi connectivity index (χ1v) is 7.76. The molecule has 1 unspecified atom stereocenters. The van der Waals surface area contributed by atoms with Crippen molar-refractivity contribution in [2.45, 2.75) is 6.92 Å². The molecule has 0 spiro atoms. The molecule has 0 heterocycles. The lowest BCUT2D eigenvalue weighted by molar-refractivity contribution is 0.598. The first kappa shape index (κ1) is 12.2. The summed E-state index contributed by atoms with van der Waals surface area (Å²) in [6.07, 6.45) is 0. The van der Waals surface area contributed by atoms with Gasteiger partial charge in [0.25, 0.3) is 0 Å². The Labute approximate surface area is 113 Å². The van der Waals surface area contributed by atoms with Crippen LogP contribution in [0.3, 0.4) is 0 Å². The Morgan fingerprint density at radius 3 is 2.26 bits per heavy atom. The maximum absolute atomic E-state index is 12.6. The van der Waals surface area contributed by atoms with Gasteiger partial charge in [-0.05, 0) is 35.4 Å². The highest BCUT2D eigenvalue weighted by atomic mass is 31.1. The van der Waals surface area contributed by atoms with Gasteiger partial charge in [-0.1, -0.05) is 54.6 Å². The van der Waals surface area contributed by atoms with E-state index in [2.05, 4.69) is 31.2 Å². The highest BCUT2D eigenvalue weighted by Crippen LogP contribution is 2.24. The van der Waals surface area contributed by atoms with Gasteiger partial charge in [0, 0.05) is 10.6 Å². The molecule has 0 bridgehead atoms. The van der Waals surface area contributed by atoms with E-state index in [0.29, 0.717) is 0 Å². The van der Waals surface area contributed by atoms with Crippen LogP contribution in [0.5, 0.6) is 0 Å². The molecular weight excluding hydrogens is 251 g/mol.